The van der Waals surface area contributed by atoms with Crippen LogP contribution in [0.2, 0.25) is 0 Å². The molecule has 0 aliphatic carbocycles. The number of likely N-dealkylation sites (tertiary alicyclic amines) is 1. The number of quaternary nitrogens is 1. The van der Waals surface area contributed by atoms with Crippen molar-refractivity contribution in [3.8, 4) is 5.69 Å². The second-order valence-corrected chi connectivity index (χ2v) is 5.84. The molecule has 0 spiro atoms. The van der Waals surface area contributed by atoms with Crippen molar-refractivity contribution in [3.05, 3.63) is 40.9 Å². The summed E-state index contributed by atoms with van der Waals surface area (Å²) in [6, 6.07) is 10.2. The second-order valence-electron chi connectivity index (χ2n) is 5.46. The molecule has 2 N–H and O–H groups in total. The van der Waals surface area contributed by atoms with Crippen LogP contribution < -0.4 is 4.90 Å². The Bertz CT molecular complexity index is 594. The molecule has 5 heteroatoms. The Balaban J connectivity index is 1.85. The normalized spacial score (nSPS) is 17.0. The summed E-state index contributed by atoms with van der Waals surface area (Å²) in [6.07, 6.45) is 5.39. The predicted molar refractivity (Wildman–Crippen MR) is 81.6 cm³/mol. The van der Waals surface area contributed by atoms with Crippen molar-refractivity contribution in [1.82, 2.24) is 14.8 Å². The van der Waals surface area contributed by atoms with Gasteiger partial charge in [0.1, 0.15) is 6.54 Å². The summed E-state index contributed by atoms with van der Waals surface area (Å²) in [5.41, 5.74) is 1.09. The van der Waals surface area contributed by atoms with Crippen LogP contribution in [0.3, 0.4) is 0 Å². The van der Waals surface area contributed by atoms with E-state index in [0.29, 0.717) is 4.77 Å². The zero-order valence-corrected chi connectivity index (χ0v) is 12.5. The molecule has 2 aromatic rings. The Labute approximate surface area is 124 Å². The van der Waals surface area contributed by atoms with Crippen LogP contribution in [0.25, 0.3) is 5.69 Å². The third-order valence-electron chi connectivity index (χ3n) is 3.97. The maximum absolute atomic E-state index is 5.38. The van der Waals surface area contributed by atoms with E-state index in [-0.39, 0.29) is 0 Å². The Morgan fingerprint density at radius 2 is 1.80 bits per heavy atom. The van der Waals surface area contributed by atoms with Crippen LogP contribution >= 0.6 is 12.2 Å². The third-order valence-corrected chi connectivity index (χ3v) is 4.25. The molecule has 1 aliphatic rings. The van der Waals surface area contributed by atoms with Crippen LogP contribution in [0.1, 0.15) is 31.5 Å². The molecule has 1 aromatic carbocycles. The summed E-state index contributed by atoms with van der Waals surface area (Å²) in [5, 5.41) is 7.39. The van der Waals surface area contributed by atoms with Crippen molar-refractivity contribution >= 4 is 12.2 Å². The number of nitrogens with one attached hydrogen (secondary N) is 2. The van der Waals surface area contributed by atoms with E-state index in [1.807, 2.05) is 18.2 Å². The number of aromatic nitrogens is 3. The molecule has 0 atom stereocenters. The quantitative estimate of drug-likeness (QED) is 0.847. The first-order valence-corrected chi connectivity index (χ1v) is 7.81. The highest BCUT2D eigenvalue weighted by Gasteiger charge is 2.17. The Morgan fingerprint density at radius 1 is 1.10 bits per heavy atom. The molecule has 1 fully saturated rings. The topological polar surface area (TPSA) is 38.0 Å². The molecule has 4 nitrogen and oxygen atoms in total. The standard InChI is InChI=1S/C15H20N4S/c20-15-17-16-14(12-18-10-6-1-2-7-11-18)19(15)13-8-4-3-5-9-13/h3-5,8-9H,1-2,6-7,10-12H2,(H,17,20)/p+1. The van der Waals surface area contributed by atoms with Gasteiger partial charge in [0.2, 0.25) is 0 Å². The second kappa shape index (κ2) is 6.33. The number of benzene rings is 1. The fraction of sp³-hybridized carbons (Fsp3) is 0.467. The van der Waals surface area contributed by atoms with Gasteiger partial charge in [-0.3, -0.25) is 9.67 Å². The van der Waals surface area contributed by atoms with Gasteiger partial charge in [0.25, 0.3) is 0 Å². The molecular formula is C15H21N4S+. The Morgan fingerprint density at radius 3 is 2.50 bits per heavy atom. The van der Waals surface area contributed by atoms with Crippen molar-refractivity contribution in [3.63, 3.8) is 0 Å². The Kier molecular flexibility index (Phi) is 4.28. The number of hydrogen-bond donors (Lipinski definition) is 2. The molecule has 20 heavy (non-hydrogen) atoms. The van der Waals surface area contributed by atoms with Crippen LogP contribution in [0, 0.1) is 4.77 Å². The fourth-order valence-corrected chi connectivity index (χ4v) is 3.18. The molecule has 0 bridgehead atoms. The van der Waals surface area contributed by atoms with Crippen LogP contribution in [-0.2, 0) is 6.54 Å². The molecule has 0 radical (unpaired) electrons. The lowest BCUT2D eigenvalue weighted by Crippen LogP contribution is -3.10. The number of rotatable bonds is 3. The summed E-state index contributed by atoms with van der Waals surface area (Å²) in [6.45, 7) is 3.44. The average Bonchev–Trinajstić information content (AvgIpc) is 2.67. The van der Waals surface area contributed by atoms with Gasteiger partial charge < -0.3 is 4.90 Å². The molecule has 0 amide bonds. The molecule has 3 rings (SSSR count). The third kappa shape index (κ3) is 2.99. The summed E-state index contributed by atoms with van der Waals surface area (Å²) in [5.74, 6) is 1.04. The van der Waals surface area contributed by atoms with Crippen LogP contribution in [-0.4, -0.2) is 27.9 Å². The van der Waals surface area contributed by atoms with Crippen LogP contribution in [0.4, 0.5) is 0 Å². The lowest BCUT2D eigenvalue weighted by molar-refractivity contribution is -0.913. The first-order valence-electron chi connectivity index (χ1n) is 7.40. The first-order chi connectivity index (χ1) is 9.84. The maximum Gasteiger partial charge on any atom is 0.200 e. The van der Waals surface area contributed by atoms with Gasteiger partial charge in [0.05, 0.1) is 13.1 Å². The highest BCUT2D eigenvalue weighted by Crippen LogP contribution is 2.10. The molecule has 1 aromatic heterocycles. The minimum atomic E-state index is 0.681. The highest BCUT2D eigenvalue weighted by atomic mass is 32.1. The summed E-state index contributed by atoms with van der Waals surface area (Å²) >= 11 is 5.38. The number of H-pyrrole nitrogens is 1. The maximum atomic E-state index is 5.38. The fourth-order valence-electron chi connectivity index (χ4n) is 2.92. The van der Waals surface area contributed by atoms with Crippen molar-refractivity contribution in [2.45, 2.75) is 32.2 Å². The summed E-state index contributed by atoms with van der Waals surface area (Å²) < 4.78 is 2.74. The first kappa shape index (κ1) is 13.5. The molecule has 0 unspecified atom stereocenters. The minimum Gasteiger partial charge on any atom is -0.329 e. The monoisotopic (exact) mass is 289 g/mol. The zero-order valence-electron chi connectivity index (χ0n) is 11.6. The lowest BCUT2D eigenvalue weighted by atomic mass is 10.2. The van der Waals surface area contributed by atoms with Gasteiger partial charge in [-0.25, -0.2) is 0 Å². The molecule has 0 saturated carbocycles. The number of para-hydroxylation sites is 1. The van der Waals surface area contributed by atoms with Crippen molar-refractivity contribution in [2.75, 3.05) is 13.1 Å². The van der Waals surface area contributed by atoms with E-state index in [4.69, 9.17) is 12.2 Å². The summed E-state index contributed by atoms with van der Waals surface area (Å²) in [4.78, 5) is 1.62. The van der Waals surface area contributed by atoms with Crippen molar-refractivity contribution < 1.29 is 4.90 Å². The summed E-state index contributed by atoms with van der Waals surface area (Å²) in [7, 11) is 0. The van der Waals surface area contributed by atoms with E-state index in [0.717, 1.165) is 18.1 Å². The van der Waals surface area contributed by atoms with Crippen molar-refractivity contribution in [2.24, 2.45) is 0 Å². The molecule has 1 aliphatic heterocycles. The van der Waals surface area contributed by atoms with E-state index >= 15 is 0 Å². The smallest absolute Gasteiger partial charge is 0.200 e. The van der Waals surface area contributed by atoms with E-state index in [2.05, 4.69) is 26.9 Å². The van der Waals surface area contributed by atoms with Crippen LogP contribution in [0.5, 0.6) is 0 Å². The van der Waals surface area contributed by atoms with Gasteiger partial charge in [-0.2, -0.15) is 5.10 Å². The average molecular weight is 289 g/mol. The molecule has 2 heterocycles. The minimum absolute atomic E-state index is 0.681. The Hall–Kier alpha value is -1.46. The van der Waals surface area contributed by atoms with E-state index in [1.165, 1.54) is 38.8 Å². The largest absolute Gasteiger partial charge is 0.329 e. The molecular weight excluding hydrogens is 268 g/mol. The van der Waals surface area contributed by atoms with Crippen LogP contribution in [0.15, 0.2) is 30.3 Å². The number of aromatic amines is 1. The van der Waals surface area contributed by atoms with Crippen molar-refractivity contribution in [1.29, 1.82) is 0 Å². The van der Waals surface area contributed by atoms with E-state index in [1.54, 1.807) is 4.90 Å². The SMILES string of the molecule is S=c1[nH]nc(C[NH+]2CCCCCC2)n1-c1ccccc1. The predicted octanol–water partition coefficient (Wildman–Crippen LogP) is 1.89. The van der Waals surface area contributed by atoms with E-state index < -0.39 is 0 Å². The van der Waals surface area contributed by atoms with Gasteiger partial charge >= 0.3 is 0 Å². The van der Waals surface area contributed by atoms with Gasteiger partial charge in [-0.05, 0) is 50.0 Å². The highest BCUT2D eigenvalue weighted by molar-refractivity contribution is 7.71. The van der Waals surface area contributed by atoms with Gasteiger partial charge in [0, 0.05) is 5.69 Å². The number of nitrogens with zero attached hydrogens (tertiary/aromatic N) is 2. The van der Waals surface area contributed by atoms with Gasteiger partial charge in [-0.15, -0.1) is 0 Å². The van der Waals surface area contributed by atoms with E-state index in [9.17, 15) is 0 Å². The molecule has 106 valence electrons. The number of hydrogen-bond acceptors (Lipinski definition) is 2. The molecule has 1 saturated heterocycles. The zero-order chi connectivity index (χ0) is 13.8. The lowest BCUT2D eigenvalue weighted by Gasteiger charge is -2.16. The van der Waals surface area contributed by atoms with Gasteiger partial charge in [-0.1, -0.05) is 18.2 Å². The van der Waals surface area contributed by atoms with Gasteiger partial charge in [0.15, 0.2) is 10.6 Å².